The summed E-state index contributed by atoms with van der Waals surface area (Å²) in [4.78, 5) is 0. The van der Waals surface area contributed by atoms with Crippen molar-refractivity contribution in [3.8, 4) is 0 Å². The van der Waals surface area contributed by atoms with E-state index in [1.54, 1.807) is 0 Å². The Morgan fingerprint density at radius 1 is 1.36 bits per heavy atom. The molecule has 0 spiro atoms. The Hall–Kier alpha value is -0.0800. The minimum atomic E-state index is 0.198. The number of nitrogens with one attached hydrogen (secondary N) is 1. The zero-order valence-corrected chi connectivity index (χ0v) is 9.35. The van der Waals surface area contributed by atoms with Gasteiger partial charge in [0, 0.05) is 13.1 Å². The topological polar surface area (TPSA) is 21.3 Å². The maximum absolute atomic E-state index is 6.13. The first kappa shape index (κ1) is 10.4. The summed E-state index contributed by atoms with van der Waals surface area (Å²) >= 11 is 0. The summed E-state index contributed by atoms with van der Waals surface area (Å²) in [6.07, 6.45) is 8.10. The normalized spacial score (nSPS) is 34.9. The number of morpholine rings is 1. The molecule has 1 N–H and O–H groups in total. The molecule has 1 atom stereocenters. The van der Waals surface area contributed by atoms with E-state index in [0.29, 0.717) is 0 Å². The van der Waals surface area contributed by atoms with Crippen LogP contribution in [0.15, 0.2) is 0 Å². The van der Waals surface area contributed by atoms with Crippen molar-refractivity contribution in [3.05, 3.63) is 0 Å². The first-order valence-electron chi connectivity index (χ1n) is 6.22. The van der Waals surface area contributed by atoms with E-state index < -0.39 is 0 Å². The Morgan fingerprint density at radius 3 is 2.71 bits per heavy atom. The van der Waals surface area contributed by atoms with Crippen LogP contribution in [0.5, 0.6) is 0 Å². The monoisotopic (exact) mass is 197 g/mol. The van der Waals surface area contributed by atoms with E-state index in [-0.39, 0.29) is 5.60 Å². The van der Waals surface area contributed by atoms with Crippen LogP contribution < -0.4 is 5.32 Å². The lowest BCUT2D eigenvalue weighted by molar-refractivity contribution is -0.108. The zero-order chi connectivity index (χ0) is 9.86. The molecular formula is C12H23NO. The van der Waals surface area contributed by atoms with Gasteiger partial charge in [-0.1, -0.05) is 26.2 Å². The van der Waals surface area contributed by atoms with Gasteiger partial charge < -0.3 is 10.1 Å². The summed E-state index contributed by atoms with van der Waals surface area (Å²) in [6.45, 7) is 5.31. The number of hydrogen-bond donors (Lipinski definition) is 1. The van der Waals surface area contributed by atoms with Gasteiger partial charge in [0.25, 0.3) is 0 Å². The second-order valence-corrected chi connectivity index (χ2v) is 4.82. The summed E-state index contributed by atoms with van der Waals surface area (Å²) < 4.78 is 6.13. The van der Waals surface area contributed by atoms with Gasteiger partial charge in [-0.05, 0) is 25.2 Å². The van der Waals surface area contributed by atoms with Crippen molar-refractivity contribution in [3.63, 3.8) is 0 Å². The molecule has 1 unspecified atom stereocenters. The summed E-state index contributed by atoms with van der Waals surface area (Å²) in [6, 6.07) is 0. The molecule has 0 bridgehead atoms. The third kappa shape index (κ3) is 1.96. The highest BCUT2D eigenvalue weighted by molar-refractivity contribution is 4.94. The summed E-state index contributed by atoms with van der Waals surface area (Å²) in [7, 11) is 0. The molecule has 1 aliphatic carbocycles. The fourth-order valence-electron chi connectivity index (χ4n) is 3.18. The molecular weight excluding hydrogens is 174 g/mol. The predicted molar refractivity (Wildman–Crippen MR) is 58.4 cm³/mol. The van der Waals surface area contributed by atoms with Crippen molar-refractivity contribution in [2.45, 2.75) is 51.0 Å². The Morgan fingerprint density at radius 2 is 2.14 bits per heavy atom. The molecule has 2 heteroatoms. The van der Waals surface area contributed by atoms with Crippen molar-refractivity contribution in [1.82, 2.24) is 5.32 Å². The SMILES string of the molecule is CCCC1(C2CCCC2)CNCCO1. The van der Waals surface area contributed by atoms with Crippen molar-refractivity contribution in [2.24, 2.45) is 5.92 Å². The van der Waals surface area contributed by atoms with Crippen LogP contribution in [0.2, 0.25) is 0 Å². The summed E-state index contributed by atoms with van der Waals surface area (Å²) in [5.74, 6) is 0.829. The quantitative estimate of drug-likeness (QED) is 0.750. The Balaban J connectivity index is 2.02. The van der Waals surface area contributed by atoms with Crippen molar-refractivity contribution >= 4 is 0 Å². The second-order valence-electron chi connectivity index (χ2n) is 4.82. The first-order chi connectivity index (χ1) is 6.87. The van der Waals surface area contributed by atoms with Gasteiger partial charge in [-0.25, -0.2) is 0 Å². The Bertz CT molecular complexity index is 164. The Kier molecular flexibility index (Phi) is 3.45. The van der Waals surface area contributed by atoms with Gasteiger partial charge in [0.05, 0.1) is 12.2 Å². The highest BCUT2D eigenvalue weighted by Crippen LogP contribution is 2.39. The van der Waals surface area contributed by atoms with E-state index >= 15 is 0 Å². The molecule has 1 aliphatic heterocycles. The van der Waals surface area contributed by atoms with E-state index in [4.69, 9.17) is 4.74 Å². The van der Waals surface area contributed by atoms with Gasteiger partial charge in [-0.3, -0.25) is 0 Å². The average Bonchev–Trinajstić information content (AvgIpc) is 2.73. The standard InChI is InChI=1S/C12H23NO/c1-2-7-12(10-13-8-9-14-12)11-5-3-4-6-11/h11,13H,2-10H2,1H3. The molecule has 2 fully saturated rings. The maximum atomic E-state index is 6.13. The minimum absolute atomic E-state index is 0.198. The molecule has 1 saturated carbocycles. The van der Waals surface area contributed by atoms with E-state index in [1.807, 2.05) is 0 Å². The number of ether oxygens (including phenoxy) is 1. The molecule has 82 valence electrons. The lowest BCUT2D eigenvalue weighted by atomic mass is 9.81. The van der Waals surface area contributed by atoms with E-state index in [2.05, 4.69) is 12.2 Å². The van der Waals surface area contributed by atoms with Crippen molar-refractivity contribution < 1.29 is 4.74 Å². The third-order valence-corrected chi connectivity index (χ3v) is 3.86. The van der Waals surface area contributed by atoms with Crippen LogP contribution in [-0.2, 0) is 4.74 Å². The van der Waals surface area contributed by atoms with Crippen molar-refractivity contribution in [1.29, 1.82) is 0 Å². The van der Waals surface area contributed by atoms with Crippen LogP contribution in [-0.4, -0.2) is 25.3 Å². The molecule has 0 radical (unpaired) electrons. The lowest BCUT2D eigenvalue weighted by Gasteiger charge is -2.42. The van der Waals surface area contributed by atoms with Gasteiger partial charge in [0.2, 0.25) is 0 Å². The molecule has 1 heterocycles. The van der Waals surface area contributed by atoms with Gasteiger partial charge in [-0.15, -0.1) is 0 Å². The molecule has 2 aliphatic rings. The van der Waals surface area contributed by atoms with E-state index in [0.717, 1.165) is 25.6 Å². The highest BCUT2D eigenvalue weighted by Gasteiger charge is 2.41. The van der Waals surface area contributed by atoms with Crippen molar-refractivity contribution in [2.75, 3.05) is 19.7 Å². The third-order valence-electron chi connectivity index (χ3n) is 3.86. The fraction of sp³-hybridized carbons (Fsp3) is 1.00. The lowest BCUT2D eigenvalue weighted by Crippen LogP contribution is -2.53. The van der Waals surface area contributed by atoms with Crippen LogP contribution in [0.4, 0.5) is 0 Å². The fourth-order valence-corrected chi connectivity index (χ4v) is 3.18. The molecule has 0 aromatic rings. The van der Waals surface area contributed by atoms with Crippen LogP contribution in [0.1, 0.15) is 45.4 Å². The zero-order valence-electron chi connectivity index (χ0n) is 9.35. The second kappa shape index (κ2) is 4.63. The van der Waals surface area contributed by atoms with Gasteiger partial charge in [0.1, 0.15) is 0 Å². The first-order valence-corrected chi connectivity index (χ1v) is 6.22. The molecule has 2 rings (SSSR count). The smallest absolute Gasteiger partial charge is 0.0834 e. The molecule has 14 heavy (non-hydrogen) atoms. The van der Waals surface area contributed by atoms with Crippen LogP contribution in [0.3, 0.4) is 0 Å². The predicted octanol–water partition coefficient (Wildman–Crippen LogP) is 2.34. The van der Waals surface area contributed by atoms with E-state index in [1.165, 1.54) is 38.5 Å². The van der Waals surface area contributed by atoms with Gasteiger partial charge in [-0.2, -0.15) is 0 Å². The Labute approximate surface area is 87.4 Å². The average molecular weight is 197 g/mol. The van der Waals surface area contributed by atoms with Crippen LogP contribution in [0, 0.1) is 5.92 Å². The van der Waals surface area contributed by atoms with Gasteiger partial charge in [0.15, 0.2) is 0 Å². The molecule has 0 aromatic heterocycles. The van der Waals surface area contributed by atoms with Crippen LogP contribution in [0.25, 0.3) is 0 Å². The molecule has 0 amide bonds. The number of rotatable bonds is 3. The molecule has 1 saturated heterocycles. The van der Waals surface area contributed by atoms with Gasteiger partial charge >= 0.3 is 0 Å². The largest absolute Gasteiger partial charge is 0.372 e. The molecule has 2 nitrogen and oxygen atoms in total. The number of hydrogen-bond acceptors (Lipinski definition) is 2. The maximum Gasteiger partial charge on any atom is 0.0834 e. The summed E-state index contributed by atoms with van der Waals surface area (Å²) in [5.41, 5.74) is 0.198. The molecule has 0 aromatic carbocycles. The minimum Gasteiger partial charge on any atom is -0.372 e. The highest BCUT2D eigenvalue weighted by atomic mass is 16.5. The summed E-state index contributed by atoms with van der Waals surface area (Å²) in [5, 5.41) is 3.51. The van der Waals surface area contributed by atoms with Crippen LogP contribution >= 0.6 is 0 Å². The van der Waals surface area contributed by atoms with E-state index in [9.17, 15) is 0 Å².